The van der Waals surface area contributed by atoms with Gasteiger partial charge in [-0.05, 0) is 48.1 Å². The molecule has 10 nitrogen and oxygen atoms in total. The summed E-state index contributed by atoms with van der Waals surface area (Å²) >= 11 is 0.774. The molecule has 0 saturated heterocycles. The molecule has 0 bridgehead atoms. The van der Waals surface area contributed by atoms with Crippen molar-refractivity contribution in [3.63, 3.8) is 0 Å². The maximum absolute atomic E-state index is 14.2. The third-order valence-corrected chi connectivity index (χ3v) is 7.71. The molecule has 0 spiro atoms. The van der Waals surface area contributed by atoms with Crippen LogP contribution >= 0.6 is 11.5 Å². The standard InChI is InChI=1S/C28H33N5O5S/c1-37-19-13-14-21(38-2)20(15-19)24(27(35)31-18-11-7-4-8-12-18)33(16-17-9-5-3-6-10-17)28(36)25-22(29)23(26(30)34)32-39-25/h3,5-6,9-10,13-15,18,24H,4,7-8,11-12,16,29H2,1-2H3,(H2,30,34)(H,31,35)/t24-/m0/s1. The number of nitrogen functional groups attached to an aromatic ring is 1. The number of carbonyl (C=O) groups excluding carboxylic acids is 3. The van der Waals surface area contributed by atoms with Crippen LogP contribution < -0.4 is 26.3 Å². The Morgan fingerprint density at radius 2 is 1.79 bits per heavy atom. The largest absolute Gasteiger partial charge is 0.497 e. The van der Waals surface area contributed by atoms with Gasteiger partial charge in [-0.25, -0.2) is 0 Å². The first-order valence-corrected chi connectivity index (χ1v) is 13.5. The number of primary amides is 1. The maximum Gasteiger partial charge on any atom is 0.270 e. The van der Waals surface area contributed by atoms with Crippen molar-refractivity contribution >= 4 is 34.9 Å². The van der Waals surface area contributed by atoms with Crippen molar-refractivity contribution in [1.82, 2.24) is 14.6 Å². The highest BCUT2D eigenvalue weighted by molar-refractivity contribution is 7.09. The number of nitrogens with zero attached hydrogens (tertiary/aromatic N) is 2. The molecule has 39 heavy (non-hydrogen) atoms. The van der Waals surface area contributed by atoms with Crippen LogP contribution in [0.5, 0.6) is 11.5 Å². The van der Waals surface area contributed by atoms with E-state index in [0.717, 1.165) is 49.2 Å². The number of aromatic nitrogens is 1. The van der Waals surface area contributed by atoms with E-state index in [9.17, 15) is 14.4 Å². The molecule has 3 aromatic rings. The summed E-state index contributed by atoms with van der Waals surface area (Å²) in [5, 5.41) is 3.17. The average molecular weight is 552 g/mol. The molecule has 1 heterocycles. The number of benzene rings is 2. The number of hydrogen-bond acceptors (Lipinski definition) is 8. The van der Waals surface area contributed by atoms with Crippen LogP contribution in [0.1, 0.15) is 69.4 Å². The fourth-order valence-corrected chi connectivity index (χ4v) is 5.61. The molecule has 206 valence electrons. The summed E-state index contributed by atoms with van der Waals surface area (Å²) < 4.78 is 15.1. The van der Waals surface area contributed by atoms with E-state index < -0.39 is 17.9 Å². The molecule has 5 N–H and O–H groups in total. The van der Waals surface area contributed by atoms with Crippen LogP contribution in [0.15, 0.2) is 48.5 Å². The van der Waals surface area contributed by atoms with Crippen molar-refractivity contribution in [1.29, 1.82) is 0 Å². The van der Waals surface area contributed by atoms with Gasteiger partial charge in [-0.15, -0.1) is 0 Å². The zero-order valence-electron chi connectivity index (χ0n) is 22.0. The highest BCUT2D eigenvalue weighted by Gasteiger charge is 2.37. The van der Waals surface area contributed by atoms with Crippen molar-refractivity contribution in [2.75, 3.05) is 20.0 Å². The number of carbonyl (C=O) groups is 3. The second kappa shape index (κ2) is 12.6. The molecule has 1 saturated carbocycles. The van der Waals surface area contributed by atoms with Crippen molar-refractivity contribution in [2.24, 2.45) is 5.73 Å². The number of hydrogen-bond donors (Lipinski definition) is 3. The molecule has 1 aliphatic rings. The predicted molar refractivity (Wildman–Crippen MR) is 149 cm³/mol. The van der Waals surface area contributed by atoms with Crippen molar-refractivity contribution in [3.8, 4) is 11.5 Å². The number of rotatable bonds is 10. The van der Waals surface area contributed by atoms with Gasteiger partial charge in [0.25, 0.3) is 11.8 Å². The van der Waals surface area contributed by atoms with Gasteiger partial charge in [0.1, 0.15) is 22.4 Å². The number of methoxy groups -OCH3 is 2. The zero-order chi connectivity index (χ0) is 27.9. The third kappa shape index (κ3) is 6.31. The Morgan fingerprint density at radius 1 is 1.08 bits per heavy atom. The van der Waals surface area contributed by atoms with Gasteiger partial charge in [-0.3, -0.25) is 14.4 Å². The summed E-state index contributed by atoms with van der Waals surface area (Å²) in [7, 11) is 3.03. The van der Waals surface area contributed by atoms with E-state index in [2.05, 4.69) is 9.69 Å². The van der Waals surface area contributed by atoms with Gasteiger partial charge < -0.3 is 31.2 Å². The number of amides is 3. The molecule has 0 unspecified atom stereocenters. The van der Waals surface area contributed by atoms with Gasteiger partial charge in [0.05, 0.1) is 19.9 Å². The van der Waals surface area contributed by atoms with E-state index in [4.69, 9.17) is 20.9 Å². The molecule has 1 aromatic heterocycles. The Balaban J connectivity index is 1.86. The van der Waals surface area contributed by atoms with E-state index in [1.165, 1.54) is 19.1 Å². The van der Waals surface area contributed by atoms with Gasteiger partial charge in [0.15, 0.2) is 5.69 Å². The van der Waals surface area contributed by atoms with Crippen LogP contribution in [0, 0.1) is 0 Å². The SMILES string of the molecule is COc1ccc(OC)c([C@@H](C(=O)NC2CCCCC2)N(Cc2ccccc2)C(=O)c2snc(C(N)=O)c2N)c1. The second-order valence-corrected chi connectivity index (χ2v) is 10.2. The molecule has 2 aromatic carbocycles. The number of nitrogens with one attached hydrogen (secondary N) is 1. The van der Waals surface area contributed by atoms with Gasteiger partial charge in [0.2, 0.25) is 5.91 Å². The Morgan fingerprint density at radius 3 is 2.41 bits per heavy atom. The Hall–Kier alpha value is -4.12. The summed E-state index contributed by atoms with van der Waals surface area (Å²) in [6.45, 7) is 0.0754. The van der Waals surface area contributed by atoms with E-state index in [1.807, 2.05) is 30.3 Å². The lowest BCUT2D eigenvalue weighted by Crippen LogP contribution is -2.47. The molecular formula is C28H33N5O5S. The minimum absolute atomic E-state index is 0.00559. The zero-order valence-corrected chi connectivity index (χ0v) is 22.8. The fourth-order valence-electron chi connectivity index (χ4n) is 4.85. The van der Waals surface area contributed by atoms with Gasteiger partial charge >= 0.3 is 0 Å². The molecule has 0 radical (unpaired) electrons. The third-order valence-electron chi connectivity index (χ3n) is 6.86. The van der Waals surface area contributed by atoms with Crippen LogP contribution in [0.25, 0.3) is 0 Å². The van der Waals surface area contributed by atoms with Crippen molar-refractivity contribution in [2.45, 2.75) is 50.7 Å². The molecule has 4 rings (SSSR count). The molecular weight excluding hydrogens is 518 g/mol. The van der Waals surface area contributed by atoms with Crippen molar-refractivity contribution in [3.05, 3.63) is 70.2 Å². The van der Waals surface area contributed by atoms with Gasteiger partial charge in [0, 0.05) is 18.2 Å². The lowest BCUT2D eigenvalue weighted by Gasteiger charge is -2.34. The monoisotopic (exact) mass is 551 g/mol. The summed E-state index contributed by atoms with van der Waals surface area (Å²) in [4.78, 5) is 41.6. The first kappa shape index (κ1) is 27.9. The minimum atomic E-state index is -1.11. The summed E-state index contributed by atoms with van der Waals surface area (Å²) in [5.74, 6) is -0.827. The van der Waals surface area contributed by atoms with Crippen molar-refractivity contribution < 1.29 is 23.9 Å². The predicted octanol–water partition coefficient (Wildman–Crippen LogP) is 3.67. The number of ether oxygens (including phenoxy) is 2. The van der Waals surface area contributed by atoms with E-state index in [-0.39, 0.29) is 34.8 Å². The molecule has 1 fully saturated rings. The van der Waals surface area contributed by atoms with Crippen LogP contribution in [-0.2, 0) is 11.3 Å². The first-order valence-electron chi connectivity index (χ1n) is 12.8. The Bertz CT molecular complexity index is 1320. The highest BCUT2D eigenvalue weighted by atomic mass is 32.1. The molecule has 11 heteroatoms. The smallest absolute Gasteiger partial charge is 0.270 e. The number of anilines is 1. The normalized spacial score (nSPS) is 14.3. The molecule has 1 atom stereocenters. The summed E-state index contributed by atoms with van der Waals surface area (Å²) in [6, 6.07) is 13.3. The quantitative estimate of drug-likeness (QED) is 0.348. The van der Waals surface area contributed by atoms with E-state index in [0.29, 0.717) is 17.1 Å². The number of nitrogens with two attached hydrogens (primary N) is 2. The minimum Gasteiger partial charge on any atom is -0.497 e. The first-order chi connectivity index (χ1) is 18.8. The Kier molecular flexibility index (Phi) is 9.03. The van der Waals surface area contributed by atoms with E-state index in [1.54, 1.807) is 18.2 Å². The fraction of sp³-hybridized carbons (Fsp3) is 0.357. The summed E-state index contributed by atoms with van der Waals surface area (Å²) in [5.41, 5.74) is 12.5. The van der Waals surface area contributed by atoms with Crippen LogP contribution in [0.2, 0.25) is 0 Å². The molecule has 0 aliphatic heterocycles. The average Bonchev–Trinajstić information content (AvgIpc) is 3.34. The lowest BCUT2D eigenvalue weighted by molar-refractivity contribution is -0.127. The molecule has 3 amide bonds. The highest BCUT2D eigenvalue weighted by Crippen LogP contribution is 2.36. The second-order valence-electron chi connectivity index (χ2n) is 9.41. The van der Waals surface area contributed by atoms with E-state index >= 15 is 0 Å². The maximum atomic E-state index is 14.2. The molecule has 1 aliphatic carbocycles. The lowest BCUT2D eigenvalue weighted by atomic mass is 9.94. The van der Waals surface area contributed by atoms with Crippen LogP contribution in [0.3, 0.4) is 0 Å². The van der Waals surface area contributed by atoms with Crippen LogP contribution in [0.4, 0.5) is 5.69 Å². The topological polar surface area (TPSA) is 150 Å². The summed E-state index contributed by atoms with van der Waals surface area (Å²) in [6.07, 6.45) is 4.91. The van der Waals surface area contributed by atoms with Gasteiger partial charge in [-0.2, -0.15) is 4.37 Å². The van der Waals surface area contributed by atoms with Gasteiger partial charge in [-0.1, -0.05) is 49.6 Å². The van der Waals surface area contributed by atoms with Crippen LogP contribution in [-0.4, -0.2) is 47.3 Å². The Labute approximate surface area is 231 Å².